The molecule has 0 spiro atoms. The summed E-state index contributed by atoms with van der Waals surface area (Å²) in [5.41, 5.74) is 10.1. The topological polar surface area (TPSA) is 43.8 Å². The van der Waals surface area contributed by atoms with Crippen LogP contribution in [0.3, 0.4) is 0 Å². The molecule has 0 bridgehead atoms. The molecule has 1 aromatic heterocycles. The SMILES string of the molecule is Cc1nn(C)cc1Cc1cccc(N)c1. The van der Waals surface area contributed by atoms with Crippen LogP contribution >= 0.6 is 0 Å². The molecule has 0 atom stereocenters. The second-order valence-electron chi connectivity index (χ2n) is 3.84. The summed E-state index contributed by atoms with van der Waals surface area (Å²) in [5, 5.41) is 4.32. The molecule has 0 unspecified atom stereocenters. The zero-order chi connectivity index (χ0) is 10.8. The molecular formula is C12H15N3. The smallest absolute Gasteiger partial charge is 0.0628 e. The number of aromatic nitrogens is 2. The summed E-state index contributed by atoms with van der Waals surface area (Å²) in [6.07, 6.45) is 2.95. The summed E-state index contributed by atoms with van der Waals surface area (Å²) < 4.78 is 1.84. The lowest BCUT2D eigenvalue weighted by atomic mass is 10.1. The summed E-state index contributed by atoms with van der Waals surface area (Å²) in [4.78, 5) is 0. The van der Waals surface area contributed by atoms with Crippen LogP contribution in [0.1, 0.15) is 16.8 Å². The van der Waals surface area contributed by atoms with E-state index in [-0.39, 0.29) is 0 Å². The Morgan fingerprint density at radius 3 is 2.80 bits per heavy atom. The number of rotatable bonds is 2. The average molecular weight is 201 g/mol. The Morgan fingerprint density at radius 1 is 1.40 bits per heavy atom. The number of hydrogen-bond acceptors (Lipinski definition) is 2. The van der Waals surface area contributed by atoms with Crippen molar-refractivity contribution in [3.8, 4) is 0 Å². The normalized spacial score (nSPS) is 10.5. The molecule has 3 heteroatoms. The number of benzene rings is 1. The van der Waals surface area contributed by atoms with Gasteiger partial charge in [-0.25, -0.2) is 0 Å². The quantitative estimate of drug-likeness (QED) is 0.754. The van der Waals surface area contributed by atoms with E-state index in [0.29, 0.717) is 0 Å². The molecule has 0 aliphatic rings. The first-order valence-corrected chi connectivity index (χ1v) is 4.98. The minimum atomic E-state index is 0.814. The number of aryl methyl sites for hydroxylation is 2. The third kappa shape index (κ3) is 2.18. The van der Waals surface area contributed by atoms with Crippen LogP contribution in [0.2, 0.25) is 0 Å². The van der Waals surface area contributed by atoms with E-state index in [0.717, 1.165) is 17.8 Å². The molecule has 0 radical (unpaired) electrons. The monoisotopic (exact) mass is 201 g/mol. The van der Waals surface area contributed by atoms with Gasteiger partial charge in [0, 0.05) is 25.4 Å². The van der Waals surface area contributed by atoms with Gasteiger partial charge in [0.05, 0.1) is 5.69 Å². The van der Waals surface area contributed by atoms with Crippen molar-refractivity contribution >= 4 is 5.69 Å². The van der Waals surface area contributed by atoms with E-state index in [1.165, 1.54) is 11.1 Å². The van der Waals surface area contributed by atoms with Crippen LogP contribution in [-0.2, 0) is 13.5 Å². The van der Waals surface area contributed by atoms with Gasteiger partial charge < -0.3 is 5.73 Å². The van der Waals surface area contributed by atoms with Crippen molar-refractivity contribution in [1.82, 2.24) is 9.78 Å². The number of anilines is 1. The van der Waals surface area contributed by atoms with Crippen LogP contribution in [-0.4, -0.2) is 9.78 Å². The molecule has 15 heavy (non-hydrogen) atoms. The Hall–Kier alpha value is -1.77. The fourth-order valence-electron chi connectivity index (χ4n) is 1.75. The Balaban J connectivity index is 2.25. The Kier molecular flexibility index (Phi) is 2.46. The van der Waals surface area contributed by atoms with Crippen LogP contribution in [0.5, 0.6) is 0 Å². The molecule has 1 aromatic carbocycles. The molecule has 78 valence electrons. The molecule has 0 saturated carbocycles. The van der Waals surface area contributed by atoms with Crippen molar-refractivity contribution in [2.75, 3.05) is 5.73 Å². The van der Waals surface area contributed by atoms with Gasteiger partial charge in [0.15, 0.2) is 0 Å². The van der Waals surface area contributed by atoms with Crippen LogP contribution in [0.25, 0.3) is 0 Å². The van der Waals surface area contributed by atoms with Crippen molar-refractivity contribution in [3.05, 3.63) is 47.3 Å². The minimum Gasteiger partial charge on any atom is -0.399 e. The molecule has 1 heterocycles. The Labute approximate surface area is 89.5 Å². The lowest BCUT2D eigenvalue weighted by Crippen LogP contribution is -1.91. The predicted octanol–water partition coefficient (Wildman–Crippen LogP) is 1.90. The Bertz CT molecular complexity index is 471. The standard InChI is InChI=1S/C12H15N3/c1-9-11(8-15(2)14-9)6-10-4-3-5-12(13)7-10/h3-5,7-8H,6,13H2,1-2H3. The van der Waals surface area contributed by atoms with E-state index in [4.69, 9.17) is 5.73 Å². The van der Waals surface area contributed by atoms with Crippen LogP contribution in [0, 0.1) is 6.92 Å². The van der Waals surface area contributed by atoms with Crippen molar-refractivity contribution in [2.45, 2.75) is 13.3 Å². The van der Waals surface area contributed by atoms with E-state index in [1.54, 1.807) is 0 Å². The molecule has 0 amide bonds. The summed E-state index contributed by atoms with van der Waals surface area (Å²) in [7, 11) is 1.94. The first kappa shape index (κ1) is 9.77. The molecule has 0 saturated heterocycles. The van der Waals surface area contributed by atoms with E-state index in [9.17, 15) is 0 Å². The maximum absolute atomic E-state index is 5.73. The van der Waals surface area contributed by atoms with Gasteiger partial charge in [-0.2, -0.15) is 5.10 Å². The molecule has 0 fully saturated rings. The number of hydrogen-bond donors (Lipinski definition) is 1. The van der Waals surface area contributed by atoms with Gasteiger partial charge in [-0.05, 0) is 30.2 Å². The van der Waals surface area contributed by atoms with Crippen molar-refractivity contribution in [3.63, 3.8) is 0 Å². The second kappa shape index (κ2) is 3.77. The minimum absolute atomic E-state index is 0.814. The number of nitrogen functional groups attached to an aromatic ring is 1. The van der Waals surface area contributed by atoms with Gasteiger partial charge in [0.25, 0.3) is 0 Å². The van der Waals surface area contributed by atoms with Gasteiger partial charge in [-0.1, -0.05) is 12.1 Å². The largest absolute Gasteiger partial charge is 0.399 e. The van der Waals surface area contributed by atoms with Crippen LogP contribution in [0.4, 0.5) is 5.69 Å². The van der Waals surface area contributed by atoms with Crippen molar-refractivity contribution in [1.29, 1.82) is 0 Å². The summed E-state index contributed by atoms with van der Waals surface area (Å²) >= 11 is 0. The highest BCUT2D eigenvalue weighted by molar-refractivity contribution is 5.42. The van der Waals surface area contributed by atoms with Gasteiger partial charge >= 0.3 is 0 Å². The van der Waals surface area contributed by atoms with Gasteiger partial charge in [0.2, 0.25) is 0 Å². The fourth-order valence-corrected chi connectivity index (χ4v) is 1.75. The zero-order valence-electron chi connectivity index (χ0n) is 9.07. The zero-order valence-corrected chi connectivity index (χ0v) is 9.07. The van der Waals surface area contributed by atoms with Gasteiger partial charge in [-0.3, -0.25) is 4.68 Å². The molecular weight excluding hydrogens is 186 g/mol. The van der Waals surface area contributed by atoms with E-state index < -0.39 is 0 Å². The highest BCUT2D eigenvalue weighted by Gasteiger charge is 2.03. The maximum Gasteiger partial charge on any atom is 0.0628 e. The van der Waals surface area contributed by atoms with E-state index in [1.807, 2.05) is 36.9 Å². The molecule has 2 rings (SSSR count). The number of nitrogens with two attached hydrogens (primary N) is 1. The molecule has 3 nitrogen and oxygen atoms in total. The van der Waals surface area contributed by atoms with Crippen molar-refractivity contribution < 1.29 is 0 Å². The molecule has 2 aromatic rings. The predicted molar refractivity (Wildman–Crippen MR) is 61.6 cm³/mol. The second-order valence-corrected chi connectivity index (χ2v) is 3.84. The van der Waals surface area contributed by atoms with Gasteiger partial charge in [-0.15, -0.1) is 0 Å². The van der Waals surface area contributed by atoms with E-state index >= 15 is 0 Å². The summed E-state index contributed by atoms with van der Waals surface area (Å²) in [6, 6.07) is 7.98. The lowest BCUT2D eigenvalue weighted by Gasteiger charge is -2.01. The lowest BCUT2D eigenvalue weighted by molar-refractivity contribution is 0.756. The third-order valence-electron chi connectivity index (χ3n) is 2.46. The number of nitrogens with zero attached hydrogens (tertiary/aromatic N) is 2. The first-order chi connectivity index (χ1) is 7.15. The molecule has 0 aliphatic carbocycles. The highest BCUT2D eigenvalue weighted by atomic mass is 15.2. The van der Waals surface area contributed by atoms with Crippen LogP contribution in [0.15, 0.2) is 30.5 Å². The maximum atomic E-state index is 5.73. The fraction of sp³-hybridized carbons (Fsp3) is 0.250. The molecule has 2 N–H and O–H groups in total. The third-order valence-corrected chi connectivity index (χ3v) is 2.46. The highest BCUT2D eigenvalue weighted by Crippen LogP contribution is 2.14. The first-order valence-electron chi connectivity index (χ1n) is 4.98. The van der Waals surface area contributed by atoms with Crippen LogP contribution < -0.4 is 5.73 Å². The van der Waals surface area contributed by atoms with E-state index in [2.05, 4.69) is 17.4 Å². The summed E-state index contributed by atoms with van der Waals surface area (Å²) in [6.45, 7) is 2.03. The summed E-state index contributed by atoms with van der Waals surface area (Å²) in [5.74, 6) is 0. The van der Waals surface area contributed by atoms with Crippen molar-refractivity contribution in [2.24, 2.45) is 7.05 Å². The Morgan fingerprint density at radius 2 is 2.20 bits per heavy atom. The van der Waals surface area contributed by atoms with Gasteiger partial charge in [0.1, 0.15) is 0 Å². The molecule has 0 aliphatic heterocycles. The average Bonchev–Trinajstić information content (AvgIpc) is 2.45.